The number of ether oxygens (including phenoxy) is 1. The molecule has 0 spiro atoms. The summed E-state index contributed by atoms with van der Waals surface area (Å²) in [6.45, 7) is 28.0. The molecule has 6 nitrogen and oxygen atoms in total. The maximum absolute atomic E-state index is 14.6. The number of hydrogen-bond acceptors (Lipinski definition) is 6. The summed E-state index contributed by atoms with van der Waals surface area (Å²) in [7, 11) is 4.20. The summed E-state index contributed by atoms with van der Waals surface area (Å²) >= 11 is 0. The van der Waals surface area contributed by atoms with E-state index in [2.05, 4.69) is 85.9 Å². The van der Waals surface area contributed by atoms with E-state index >= 15 is 0 Å². The van der Waals surface area contributed by atoms with Gasteiger partial charge in [-0.05, 0) is 159 Å². The molecule has 6 rings (SSSR count). The zero-order valence-corrected chi connectivity index (χ0v) is 36.6. The predicted octanol–water partition coefficient (Wildman–Crippen LogP) is 10.5. The smallest absolute Gasteiger partial charge is 0.307 e. The lowest BCUT2D eigenvalue weighted by Gasteiger charge is -2.67. The quantitative estimate of drug-likeness (QED) is 0.160. The molecule has 0 radical (unpaired) electrons. The van der Waals surface area contributed by atoms with Gasteiger partial charge in [-0.25, -0.2) is 0 Å². The molecule has 0 bridgehead atoms. The molecule has 6 heteroatoms. The highest BCUT2D eigenvalue weighted by Gasteiger charge is 2.66. The van der Waals surface area contributed by atoms with Gasteiger partial charge in [-0.2, -0.15) is 0 Å². The highest BCUT2D eigenvalue weighted by atomic mass is 16.5. The van der Waals surface area contributed by atoms with Crippen LogP contribution in [0, 0.1) is 63.1 Å². The van der Waals surface area contributed by atoms with E-state index in [1.807, 2.05) is 19.1 Å². The van der Waals surface area contributed by atoms with Crippen molar-refractivity contribution in [3.8, 4) is 5.75 Å². The van der Waals surface area contributed by atoms with Crippen LogP contribution in [0.3, 0.4) is 0 Å². The zero-order chi connectivity index (χ0) is 40.2. The fourth-order valence-electron chi connectivity index (χ4n) is 13.3. The summed E-state index contributed by atoms with van der Waals surface area (Å²) in [6, 6.07) is 7.48. The fraction of sp³-hybridized carbons (Fsp3) is 0.755. The number of hydrogen-bond donors (Lipinski definition) is 1. The second-order valence-corrected chi connectivity index (χ2v) is 21.2. The minimum Gasteiger partial charge on any atom is -0.508 e. The van der Waals surface area contributed by atoms with Crippen LogP contribution in [-0.2, 0) is 20.9 Å². The zero-order valence-electron chi connectivity index (χ0n) is 36.6. The number of fused-ring (bicyclic) bond motifs is 7. The van der Waals surface area contributed by atoms with Crippen molar-refractivity contribution in [1.29, 1.82) is 0 Å². The Morgan fingerprint density at radius 1 is 0.964 bits per heavy atom. The number of nitrogens with zero attached hydrogens (tertiary/aromatic N) is 2. The van der Waals surface area contributed by atoms with E-state index in [1.54, 1.807) is 12.1 Å². The normalized spacial score (nSPS) is 35.3. The molecule has 0 amide bonds. The molecular formula is C49H76N2O4. The van der Waals surface area contributed by atoms with Gasteiger partial charge < -0.3 is 14.7 Å². The SMILES string of the molecule is C=C(C)C(C)(C)CC(=O)O[C@H](CN(CCN(C)C)Cc1ccc(O)cc1)C12CCC3C(CCC4C3(C)CCC3C(C)C(C)CCC34C)C1=C(C(C)C)C(=O)C2. The van der Waals surface area contributed by atoms with Crippen molar-refractivity contribution in [2.24, 2.45) is 63.1 Å². The Kier molecular flexibility index (Phi) is 12.1. The van der Waals surface area contributed by atoms with E-state index in [9.17, 15) is 14.7 Å². The van der Waals surface area contributed by atoms with Crippen molar-refractivity contribution >= 4 is 11.8 Å². The van der Waals surface area contributed by atoms with Gasteiger partial charge in [-0.3, -0.25) is 14.5 Å². The number of benzene rings is 1. The Labute approximate surface area is 334 Å². The molecule has 1 N–H and O–H groups in total. The Hall–Kier alpha value is -2.44. The van der Waals surface area contributed by atoms with E-state index in [1.165, 1.54) is 37.7 Å². The minimum absolute atomic E-state index is 0.128. The van der Waals surface area contributed by atoms with Gasteiger partial charge in [0.1, 0.15) is 11.9 Å². The van der Waals surface area contributed by atoms with E-state index in [4.69, 9.17) is 4.74 Å². The van der Waals surface area contributed by atoms with Crippen molar-refractivity contribution in [2.45, 2.75) is 139 Å². The molecule has 5 aliphatic carbocycles. The molecule has 5 aliphatic rings. The summed E-state index contributed by atoms with van der Waals surface area (Å²) in [4.78, 5) is 33.5. The van der Waals surface area contributed by atoms with Crippen LogP contribution in [0.5, 0.6) is 5.75 Å². The molecule has 55 heavy (non-hydrogen) atoms. The fourth-order valence-corrected chi connectivity index (χ4v) is 13.3. The van der Waals surface area contributed by atoms with Crippen LogP contribution in [0.15, 0.2) is 47.6 Å². The Balaban J connectivity index is 1.41. The molecule has 4 fully saturated rings. The van der Waals surface area contributed by atoms with E-state index < -0.39 is 16.9 Å². The molecule has 10 atom stereocenters. The minimum atomic E-state index is -0.509. The lowest BCUT2D eigenvalue weighted by molar-refractivity contribution is -0.178. The average Bonchev–Trinajstić information content (AvgIpc) is 3.42. The predicted molar refractivity (Wildman–Crippen MR) is 224 cm³/mol. The van der Waals surface area contributed by atoms with Crippen molar-refractivity contribution < 1.29 is 19.4 Å². The number of likely N-dealkylation sites (N-methyl/N-ethyl adjacent to an activating group) is 1. The van der Waals surface area contributed by atoms with E-state index in [0.29, 0.717) is 42.7 Å². The van der Waals surface area contributed by atoms with Crippen LogP contribution in [0.4, 0.5) is 0 Å². The Morgan fingerprint density at radius 3 is 2.24 bits per heavy atom. The number of rotatable bonds is 13. The third-order valence-corrected chi connectivity index (χ3v) is 16.9. The topological polar surface area (TPSA) is 70.1 Å². The number of carbonyl (C=O) groups is 2. The number of esters is 1. The second-order valence-electron chi connectivity index (χ2n) is 21.2. The molecule has 0 heterocycles. The van der Waals surface area contributed by atoms with E-state index in [0.717, 1.165) is 66.8 Å². The number of phenols is 1. The van der Waals surface area contributed by atoms with Crippen molar-refractivity contribution in [3.63, 3.8) is 0 Å². The second kappa shape index (κ2) is 15.7. The summed E-state index contributed by atoms with van der Waals surface area (Å²) in [5.74, 6) is 4.47. The number of ketones is 1. The first-order chi connectivity index (χ1) is 25.7. The first-order valence-corrected chi connectivity index (χ1v) is 22.0. The molecule has 1 aromatic carbocycles. The lowest BCUT2D eigenvalue weighted by atomic mass is 9.37. The van der Waals surface area contributed by atoms with Crippen LogP contribution in [0.25, 0.3) is 0 Å². The van der Waals surface area contributed by atoms with Gasteiger partial charge in [0.25, 0.3) is 0 Å². The summed E-state index contributed by atoms with van der Waals surface area (Å²) < 4.78 is 6.91. The number of allylic oxidation sites excluding steroid dienone is 2. The highest BCUT2D eigenvalue weighted by molar-refractivity contribution is 6.00. The average molecular weight is 757 g/mol. The van der Waals surface area contributed by atoms with Crippen molar-refractivity contribution in [3.05, 3.63) is 53.1 Å². The first kappa shape index (κ1) is 42.2. The van der Waals surface area contributed by atoms with Gasteiger partial charge >= 0.3 is 5.97 Å². The number of phenolic OH excluding ortho intramolecular Hbond substituents is 1. The molecule has 1 aromatic rings. The standard InChI is InChI=1S/C49H76N2O4/c1-31(2)44-40(53)27-49(24-21-39-37(45(44)49)17-18-41-47(9)22-19-33(5)34(6)38(47)20-23-48(39,41)10)42(55-43(54)28-46(7,8)32(3)4)30-51(26-25-50(11)12)29-35-13-15-36(52)16-14-35/h13-16,31,33-34,37-39,41-42,52H,3,17-30H2,1-2,4-12H3/t33?,34?,37?,38?,39?,41?,42-,47?,48?,49?/m1/s1. The summed E-state index contributed by atoms with van der Waals surface area (Å²) in [5.41, 5.74) is 4.24. The molecule has 0 saturated heterocycles. The first-order valence-electron chi connectivity index (χ1n) is 22.0. The highest BCUT2D eigenvalue weighted by Crippen LogP contribution is 2.72. The van der Waals surface area contributed by atoms with Crippen molar-refractivity contribution in [1.82, 2.24) is 9.80 Å². The van der Waals surface area contributed by atoms with Gasteiger partial charge in [0.15, 0.2) is 5.78 Å². The third-order valence-electron chi connectivity index (χ3n) is 16.9. The lowest BCUT2D eigenvalue weighted by Crippen LogP contribution is -2.60. The van der Waals surface area contributed by atoms with Crippen LogP contribution in [0.2, 0.25) is 0 Å². The van der Waals surface area contributed by atoms with Gasteiger partial charge in [0.2, 0.25) is 0 Å². The summed E-state index contributed by atoms with van der Waals surface area (Å²) in [5, 5.41) is 10.1. The Bertz CT molecular complexity index is 1620. The third kappa shape index (κ3) is 7.78. The van der Waals surface area contributed by atoms with Crippen LogP contribution in [0.1, 0.15) is 132 Å². The van der Waals surface area contributed by atoms with Gasteiger partial charge in [0.05, 0.1) is 6.42 Å². The molecular weight excluding hydrogens is 681 g/mol. The van der Waals surface area contributed by atoms with Gasteiger partial charge in [0, 0.05) is 38.0 Å². The molecule has 306 valence electrons. The maximum atomic E-state index is 14.6. The Morgan fingerprint density at radius 2 is 1.60 bits per heavy atom. The molecule has 0 aromatic heterocycles. The van der Waals surface area contributed by atoms with Gasteiger partial charge in [-0.15, -0.1) is 0 Å². The van der Waals surface area contributed by atoms with E-state index in [-0.39, 0.29) is 35.3 Å². The van der Waals surface area contributed by atoms with Crippen LogP contribution in [-0.4, -0.2) is 66.5 Å². The number of aromatic hydroxyl groups is 1. The molecule has 9 unspecified atom stereocenters. The van der Waals surface area contributed by atoms with Crippen LogP contribution >= 0.6 is 0 Å². The van der Waals surface area contributed by atoms with Crippen molar-refractivity contribution in [2.75, 3.05) is 33.7 Å². The number of carbonyl (C=O) groups excluding carboxylic acids is 2. The van der Waals surface area contributed by atoms with Crippen LogP contribution < -0.4 is 0 Å². The molecule has 4 saturated carbocycles. The largest absolute Gasteiger partial charge is 0.508 e. The maximum Gasteiger partial charge on any atom is 0.307 e. The number of Topliss-reactive ketones (excluding diaryl/α,β-unsaturated/α-hetero) is 1. The molecule has 0 aliphatic heterocycles. The van der Waals surface area contributed by atoms with Gasteiger partial charge in [-0.1, -0.05) is 79.7 Å². The monoisotopic (exact) mass is 757 g/mol. The summed E-state index contributed by atoms with van der Waals surface area (Å²) in [6.07, 6.45) is 9.93.